The molecule has 2 rings (SSSR count). The molecule has 0 aromatic carbocycles. The largest absolute Gasteiger partial charge is 0.466 e. The van der Waals surface area contributed by atoms with Crippen LogP contribution in [-0.2, 0) is 19.5 Å². The van der Waals surface area contributed by atoms with E-state index in [2.05, 4.69) is 40.7 Å². The SMILES string of the molecule is CCc1ccc(CNC(=NC)NCc2cc(C)oc2C)s1. The second-order valence-electron chi connectivity index (χ2n) is 4.94. The van der Waals surface area contributed by atoms with E-state index in [1.165, 1.54) is 15.3 Å². The Labute approximate surface area is 130 Å². The molecule has 2 heterocycles. The molecule has 0 fully saturated rings. The highest BCUT2D eigenvalue weighted by Crippen LogP contribution is 2.16. The normalized spacial score (nSPS) is 11.7. The second-order valence-corrected chi connectivity index (χ2v) is 6.19. The van der Waals surface area contributed by atoms with Gasteiger partial charge in [0.25, 0.3) is 0 Å². The summed E-state index contributed by atoms with van der Waals surface area (Å²) >= 11 is 1.85. The zero-order valence-electron chi connectivity index (χ0n) is 13.1. The molecule has 0 radical (unpaired) electrons. The number of rotatable bonds is 5. The summed E-state index contributed by atoms with van der Waals surface area (Å²) in [5, 5.41) is 6.65. The van der Waals surface area contributed by atoms with Crippen molar-refractivity contribution in [1.82, 2.24) is 10.6 Å². The van der Waals surface area contributed by atoms with Gasteiger partial charge < -0.3 is 15.1 Å². The van der Waals surface area contributed by atoms with E-state index in [-0.39, 0.29) is 0 Å². The third-order valence-corrected chi connectivity index (χ3v) is 4.54. The Morgan fingerprint density at radius 2 is 1.90 bits per heavy atom. The highest BCUT2D eigenvalue weighted by molar-refractivity contribution is 7.11. The van der Waals surface area contributed by atoms with Crippen molar-refractivity contribution in [3.63, 3.8) is 0 Å². The number of aliphatic imine (C=N–C) groups is 1. The van der Waals surface area contributed by atoms with Gasteiger partial charge in [-0.15, -0.1) is 11.3 Å². The van der Waals surface area contributed by atoms with E-state index in [4.69, 9.17) is 4.42 Å². The van der Waals surface area contributed by atoms with Crippen LogP contribution in [0.5, 0.6) is 0 Å². The lowest BCUT2D eigenvalue weighted by molar-refractivity contribution is 0.500. The molecule has 0 saturated heterocycles. The minimum atomic E-state index is 0.716. The van der Waals surface area contributed by atoms with Crippen LogP contribution in [0.15, 0.2) is 27.6 Å². The third kappa shape index (κ3) is 4.36. The highest BCUT2D eigenvalue weighted by Gasteiger charge is 2.06. The Morgan fingerprint density at radius 1 is 1.19 bits per heavy atom. The van der Waals surface area contributed by atoms with E-state index in [1.54, 1.807) is 7.05 Å². The van der Waals surface area contributed by atoms with Crippen molar-refractivity contribution in [2.45, 2.75) is 40.3 Å². The number of guanidine groups is 1. The average molecular weight is 305 g/mol. The van der Waals surface area contributed by atoms with Crippen LogP contribution in [0.25, 0.3) is 0 Å². The molecule has 2 N–H and O–H groups in total. The smallest absolute Gasteiger partial charge is 0.191 e. The number of hydrogen-bond donors (Lipinski definition) is 2. The standard InChI is InChI=1S/C16H23N3OS/c1-5-14-6-7-15(21-14)10-19-16(17-4)18-9-13-8-11(2)20-12(13)3/h6-8H,5,9-10H2,1-4H3,(H2,17,18,19). The van der Waals surface area contributed by atoms with E-state index in [0.717, 1.165) is 30.4 Å². The van der Waals surface area contributed by atoms with Gasteiger partial charge in [-0.25, -0.2) is 0 Å². The second kappa shape index (κ2) is 7.31. The van der Waals surface area contributed by atoms with Crippen molar-refractivity contribution < 1.29 is 4.42 Å². The van der Waals surface area contributed by atoms with Gasteiger partial charge in [-0.3, -0.25) is 4.99 Å². The van der Waals surface area contributed by atoms with Crippen LogP contribution in [0.2, 0.25) is 0 Å². The van der Waals surface area contributed by atoms with Crippen LogP contribution in [0.4, 0.5) is 0 Å². The van der Waals surface area contributed by atoms with Crippen LogP contribution in [0.1, 0.15) is 33.8 Å². The Morgan fingerprint density at radius 3 is 2.48 bits per heavy atom. The van der Waals surface area contributed by atoms with Gasteiger partial charge in [0.1, 0.15) is 11.5 Å². The fourth-order valence-corrected chi connectivity index (χ4v) is 3.03. The molecule has 0 aliphatic heterocycles. The molecular formula is C16H23N3OS. The van der Waals surface area contributed by atoms with E-state index in [1.807, 2.05) is 25.2 Å². The van der Waals surface area contributed by atoms with Crippen molar-refractivity contribution >= 4 is 17.3 Å². The van der Waals surface area contributed by atoms with Crippen LogP contribution in [0, 0.1) is 13.8 Å². The molecule has 0 aliphatic rings. The molecule has 21 heavy (non-hydrogen) atoms. The quantitative estimate of drug-likeness (QED) is 0.657. The first kappa shape index (κ1) is 15.6. The van der Waals surface area contributed by atoms with Crippen molar-refractivity contribution in [3.05, 3.63) is 45.0 Å². The monoisotopic (exact) mass is 305 g/mol. The van der Waals surface area contributed by atoms with Crippen molar-refractivity contribution in [2.75, 3.05) is 7.05 Å². The number of thiophene rings is 1. The van der Waals surface area contributed by atoms with Crippen molar-refractivity contribution in [3.8, 4) is 0 Å². The minimum absolute atomic E-state index is 0.716. The molecule has 4 nitrogen and oxygen atoms in total. The van der Waals surface area contributed by atoms with Crippen LogP contribution < -0.4 is 10.6 Å². The van der Waals surface area contributed by atoms with Gasteiger partial charge in [-0.1, -0.05) is 6.92 Å². The third-order valence-electron chi connectivity index (χ3n) is 3.31. The summed E-state index contributed by atoms with van der Waals surface area (Å²) in [5.41, 5.74) is 1.17. The lowest BCUT2D eigenvalue weighted by Gasteiger charge is -2.10. The summed E-state index contributed by atoms with van der Waals surface area (Å²) in [6, 6.07) is 6.42. The van der Waals surface area contributed by atoms with E-state index in [0.29, 0.717) is 6.54 Å². The van der Waals surface area contributed by atoms with Crippen LogP contribution in [-0.4, -0.2) is 13.0 Å². The summed E-state index contributed by atoms with van der Waals surface area (Å²) in [7, 11) is 1.79. The Kier molecular flexibility index (Phi) is 5.44. The molecule has 0 amide bonds. The average Bonchev–Trinajstić information content (AvgIpc) is 3.05. The van der Waals surface area contributed by atoms with E-state index in [9.17, 15) is 0 Å². The molecule has 2 aromatic rings. The van der Waals surface area contributed by atoms with Gasteiger partial charge in [0.2, 0.25) is 0 Å². The van der Waals surface area contributed by atoms with Gasteiger partial charge in [0.15, 0.2) is 5.96 Å². The molecule has 0 spiro atoms. The fourth-order valence-electron chi connectivity index (χ4n) is 2.14. The Balaban J connectivity index is 1.84. The minimum Gasteiger partial charge on any atom is -0.466 e. The predicted octanol–water partition coefficient (Wildman–Crippen LogP) is 3.39. The molecule has 0 aliphatic carbocycles. The summed E-state index contributed by atoms with van der Waals surface area (Å²) in [6.45, 7) is 7.64. The number of furan rings is 1. The van der Waals surface area contributed by atoms with E-state index >= 15 is 0 Å². The lowest BCUT2D eigenvalue weighted by Crippen LogP contribution is -2.36. The van der Waals surface area contributed by atoms with Crippen molar-refractivity contribution in [1.29, 1.82) is 0 Å². The molecule has 114 valence electrons. The highest BCUT2D eigenvalue weighted by atomic mass is 32.1. The maximum Gasteiger partial charge on any atom is 0.191 e. The molecule has 0 atom stereocenters. The van der Waals surface area contributed by atoms with Gasteiger partial charge >= 0.3 is 0 Å². The molecule has 0 bridgehead atoms. The maximum atomic E-state index is 5.53. The first-order valence-electron chi connectivity index (χ1n) is 7.20. The van der Waals surface area contributed by atoms with Crippen molar-refractivity contribution in [2.24, 2.45) is 4.99 Å². The summed E-state index contributed by atoms with van der Waals surface area (Å²) < 4.78 is 5.53. The molecule has 5 heteroatoms. The first-order chi connectivity index (χ1) is 10.1. The molecular weight excluding hydrogens is 282 g/mol. The van der Waals surface area contributed by atoms with Crippen LogP contribution in [0.3, 0.4) is 0 Å². The zero-order chi connectivity index (χ0) is 15.2. The van der Waals surface area contributed by atoms with Crippen LogP contribution >= 0.6 is 11.3 Å². The summed E-state index contributed by atoms with van der Waals surface area (Å²) in [5.74, 6) is 2.71. The predicted molar refractivity (Wildman–Crippen MR) is 88.9 cm³/mol. The zero-order valence-corrected chi connectivity index (χ0v) is 13.9. The molecule has 2 aromatic heterocycles. The maximum absolute atomic E-state index is 5.53. The van der Waals surface area contributed by atoms with E-state index < -0.39 is 0 Å². The number of aryl methyl sites for hydroxylation is 3. The number of hydrogen-bond acceptors (Lipinski definition) is 3. The fraction of sp³-hybridized carbons (Fsp3) is 0.438. The number of nitrogens with zero attached hydrogens (tertiary/aromatic N) is 1. The summed E-state index contributed by atoms with van der Waals surface area (Å²) in [4.78, 5) is 6.99. The van der Waals surface area contributed by atoms with Gasteiger partial charge in [0, 0.05) is 28.9 Å². The Bertz CT molecular complexity index is 613. The topological polar surface area (TPSA) is 49.6 Å². The number of nitrogens with one attached hydrogen (secondary N) is 2. The van der Waals surface area contributed by atoms with Gasteiger partial charge in [-0.05, 0) is 38.5 Å². The molecule has 0 saturated carbocycles. The summed E-state index contributed by atoms with van der Waals surface area (Å²) in [6.07, 6.45) is 1.09. The van der Waals surface area contributed by atoms with Gasteiger partial charge in [0.05, 0.1) is 6.54 Å². The molecule has 0 unspecified atom stereocenters. The first-order valence-corrected chi connectivity index (χ1v) is 8.02. The van der Waals surface area contributed by atoms with Gasteiger partial charge in [-0.2, -0.15) is 0 Å². The Hall–Kier alpha value is -1.75. The lowest BCUT2D eigenvalue weighted by atomic mass is 10.2.